The third-order valence-corrected chi connectivity index (χ3v) is 3.45. The zero-order valence-electron chi connectivity index (χ0n) is 11.2. The van der Waals surface area contributed by atoms with E-state index in [1.54, 1.807) is 17.8 Å². The number of nitrogens with zero attached hydrogens (tertiary/aromatic N) is 1. The molecule has 0 aliphatic carbocycles. The number of nitrogen functional groups attached to an aromatic ring is 1. The van der Waals surface area contributed by atoms with Gasteiger partial charge in [-0.2, -0.15) is 0 Å². The molecule has 2 aromatic rings. The van der Waals surface area contributed by atoms with E-state index in [4.69, 9.17) is 5.73 Å². The lowest BCUT2D eigenvalue weighted by molar-refractivity contribution is 0.0602. The van der Waals surface area contributed by atoms with Crippen LogP contribution in [0.3, 0.4) is 0 Å². The minimum atomic E-state index is -0.481. The quantitative estimate of drug-likeness (QED) is 0.665. The van der Waals surface area contributed by atoms with Crippen LogP contribution in [0.2, 0.25) is 0 Å². The van der Waals surface area contributed by atoms with Gasteiger partial charge in [-0.05, 0) is 36.6 Å². The molecule has 1 heterocycles. The summed E-state index contributed by atoms with van der Waals surface area (Å²) in [5.74, 6) is 0.0576. The van der Waals surface area contributed by atoms with E-state index in [0.717, 1.165) is 5.69 Å². The van der Waals surface area contributed by atoms with Crippen molar-refractivity contribution < 1.29 is 9.53 Å². The smallest absolute Gasteiger partial charge is 0.340 e. The second-order valence-corrected chi connectivity index (χ2v) is 4.88. The number of hydrogen-bond donors (Lipinski definition) is 2. The lowest BCUT2D eigenvalue weighted by atomic mass is 10.2. The Balaban J connectivity index is 2.22. The fourth-order valence-electron chi connectivity index (χ4n) is 1.64. The van der Waals surface area contributed by atoms with E-state index in [0.29, 0.717) is 17.1 Å². The molecule has 1 aromatic heterocycles. The molecule has 0 aliphatic rings. The molecule has 0 radical (unpaired) electrons. The van der Waals surface area contributed by atoms with Gasteiger partial charge >= 0.3 is 5.97 Å². The van der Waals surface area contributed by atoms with Crippen LogP contribution >= 0.6 is 11.8 Å². The van der Waals surface area contributed by atoms with E-state index in [9.17, 15) is 4.79 Å². The molecule has 5 nitrogen and oxygen atoms in total. The van der Waals surface area contributed by atoms with Gasteiger partial charge in [-0.3, -0.25) is 0 Å². The van der Waals surface area contributed by atoms with Crippen LogP contribution in [-0.2, 0) is 4.74 Å². The summed E-state index contributed by atoms with van der Waals surface area (Å²) in [7, 11) is 1.32. The summed E-state index contributed by atoms with van der Waals surface area (Å²) in [5.41, 5.74) is 7.18. The van der Waals surface area contributed by atoms with Crippen molar-refractivity contribution in [2.75, 3.05) is 24.4 Å². The van der Waals surface area contributed by atoms with Crippen molar-refractivity contribution in [3.05, 3.63) is 42.1 Å². The number of pyridine rings is 1. The molecule has 1 aromatic carbocycles. The average Bonchev–Trinajstić information content (AvgIpc) is 2.49. The van der Waals surface area contributed by atoms with Crippen LogP contribution in [0.25, 0.3) is 0 Å². The van der Waals surface area contributed by atoms with Crippen LogP contribution in [-0.4, -0.2) is 24.3 Å². The number of benzene rings is 1. The summed E-state index contributed by atoms with van der Waals surface area (Å²) in [5, 5.41) is 3.12. The molecule has 0 spiro atoms. The maximum absolute atomic E-state index is 11.6. The fraction of sp³-hybridized carbons (Fsp3) is 0.143. The van der Waals surface area contributed by atoms with E-state index in [2.05, 4.69) is 15.0 Å². The summed E-state index contributed by atoms with van der Waals surface area (Å²) < 4.78 is 4.68. The van der Waals surface area contributed by atoms with Crippen LogP contribution in [0.1, 0.15) is 10.4 Å². The van der Waals surface area contributed by atoms with Crippen molar-refractivity contribution in [2.24, 2.45) is 0 Å². The van der Waals surface area contributed by atoms with Gasteiger partial charge in [-0.1, -0.05) is 0 Å². The number of thioether (sulfide) groups is 1. The molecule has 0 fully saturated rings. The minimum absolute atomic E-state index is 0.292. The number of carbonyl (C=O) groups excluding carboxylic acids is 1. The number of rotatable bonds is 4. The second-order valence-electron chi connectivity index (χ2n) is 4.00. The molecule has 3 N–H and O–H groups in total. The van der Waals surface area contributed by atoms with E-state index < -0.39 is 5.97 Å². The van der Waals surface area contributed by atoms with E-state index in [1.807, 2.05) is 30.5 Å². The Morgan fingerprint density at radius 3 is 2.65 bits per heavy atom. The second kappa shape index (κ2) is 6.29. The largest absolute Gasteiger partial charge is 0.465 e. The van der Waals surface area contributed by atoms with Gasteiger partial charge in [0.15, 0.2) is 0 Å². The number of nitrogens with two attached hydrogens (primary N) is 1. The highest BCUT2D eigenvalue weighted by Crippen LogP contribution is 2.22. The molecule has 0 aliphatic heterocycles. The first-order valence-electron chi connectivity index (χ1n) is 5.89. The van der Waals surface area contributed by atoms with Crippen molar-refractivity contribution in [3.8, 4) is 0 Å². The Labute approximate surface area is 121 Å². The summed E-state index contributed by atoms with van der Waals surface area (Å²) in [6, 6.07) is 9.48. The van der Waals surface area contributed by atoms with Crippen LogP contribution in [0.4, 0.5) is 17.2 Å². The first kappa shape index (κ1) is 14.2. The lowest BCUT2D eigenvalue weighted by Gasteiger charge is -2.09. The third-order valence-electron chi connectivity index (χ3n) is 2.70. The predicted molar refractivity (Wildman–Crippen MR) is 81.5 cm³/mol. The van der Waals surface area contributed by atoms with E-state index in [1.165, 1.54) is 18.2 Å². The molecular weight excluding hydrogens is 274 g/mol. The molecule has 20 heavy (non-hydrogen) atoms. The third kappa shape index (κ3) is 3.21. The van der Waals surface area contributed by atoms with Crippen LogP contribution in [0.15, 0.2) is 41.4 Å². The van der Waals surface area contributed by atoms with E-state index in [-0.39, 0.29) is 0 Å². The highest BCUT2D eigenvalue weighted by atomic mass is 32.2. The standard InChI is InChI=1S/C14H15N3O2S/c1-19-14(18)11-7-13(16-8-12(11)15)17-9-3-5-10(20-2)6-4-9/h3-8H,15H2,1-2H3,(H,16,17). The maximum atomic E-state index is 11.6. The molecule has 0 amide bonds. The zero-order chi connectivity index (χ0) is 14.5. The van der Waals surface area contributed by atoms with Gasteiger partial charge in [-0.25, -0.2) is 9.78 Å². The highest BCUT2D eigenvalue weighted by molar-refractivity contribution is 7.98. The number of nitrogens with one attached hydrogen (secondary N) is 1. The number of carbonyl (C=O) groups is 1. The number of anilines is 3. The van der Waals surface area contributed by atoms with Crippen LogP contribution < -0.4 is 11.1 Å². The number of ether oxygens (including phenoxy) is 1. The molecule has 0 saturated carbocycles. The van der Waals surface area contributed by atoms with Gasteiger partial charge in [0.25, 0.3) is 0 Å². The highest BCUT2D eigenvalue weighted by Gasteiger charge is 2.11. The summed E-state index contributed by atoms with van der Waals surface area (Å²) in [4.78, 5) is 16.9. The molecule has 0 bridgehead atoms. The number of aromatic nitrogens is 1. The van der Waals surface area contributed by atoms with Crippen molar-refractivity contribution >= 4 is 34.9 Å². The molecule has 0 unspecified atom stereocenters. The summed E-state index contributed by atoms with van der Waals surface area (Å²) >= 11 is 1.67. The molecule has 0 saturated heterocycles. The SMILES string of the molecule is COC(=O)c1cc(Nc2ccc(SC)cc2)ncc1N. The van der Waals surface area contributed by atoms with E-state index >= 15 is 0 Å². The van der Waals surface area contributed by atoms with Gasteiger partial charge in [-0.15, -0.1) is 11.8 Å². The summed E-state index contributed by atoms with van der Waals surface area (Å²) in [6.45, 7) is 0. The van der Waals surface area contributed by atoms with Gasteiger partial charge in [0.2, 0.25) is 0 Å². The van der Waals surface area contributed by atoms with Crippen LogP contribution in [0, 0.1) is 0 Å². The van der Waals surface area contributed by atoms with Crippen molar-refractivity contribution in [3.63, 3.8) is 0 Å². The lowest BCUT2D eigenvalue weighted by Crippen LogP contribution is -2.07. The van der Waals surface area contributed by atoms with Gasteiger partial charge < -0.3 is 15.8 Å². The number of methoxy groups -OCH3 is 1. The van der Waals surface area contributed by atoms with Crippen molar-refractivity contribution in [2.45, 2.75) is 4.90 Å². The van der Waals surface area contributed by atoms with Crippen molar-refractivity contribution in [1.29, 1.82) is 0 Å². The Morgan fingerprint density at radius 1 is 1.35 bits per heavy atom. The minimum Gasteiger partial charge on any atom is -0.465 e. The first-order valence-corrected chi connectivity index (χ1v) is 7.11. The Hall–Kier alpha value is -2.21. The first-order chi connectivity index (χ1) is 9.63. The molecular formula is C14H15N3O2S. The predicted octanol–water partition coefficient (Wildman–Crippen LogP) is 2.92. The van der Waals surface area contributed by atoms with Crippen LogP contribution in [0.5, 0.6) is 0 Å². The van der Waals surface area contributed by atoms with Crippen molar-refractivity contribution in [1.82, 2.24) is 4.98 Å². The summed E-state index contributed by atoms with van der Waals surface area (Å²) in [6.07, 6.45) is 3.46. The Bertz CT molecular complexity index is 614. The molecule has 104 valence electrons. The Kier molecular flexibility index (Phi) is 4.47. The topological polar surface area (TPSA) is 77.2 Å². The Morgan fingerprint density at radius 2 is 2.05 bits per heavy atom. The maximum Gasteiger partial charge on any atom is 0.340 e. The van der Waals surface area contributed by atoms with Gasteiger partial charge in [0.1, 0.15) is 5.82 Å². The molecule has 0 atom stereocenters. The average molecular weight is 289 g/mol. The zero-order valence-corrected chi connectivity index (χ0v) is 12.0. The molecule has 6 heteroatoms. The fourth-order valence-corrected chi connectivity index (χ4v) is 2.05. The molecule has 2 rings (SSSR count). The van der Waals surface area contributed by atoms with Gasteiger partial charge in [0, 0.05) is 10.6 Å². The number of hydrogen-bond acceptors (Lipinski definition) is 6. The monoisotopic (exact) mass is 289 g/mol. The normalized spacial score (nSPS) is 10.1. The van der Waals surface area contributed by atoms with Gasteiger partial charge in [0.05, 0.1) is 24.6 Å². The number of esters is 1.